The zero-order valence-electron chi connectivity index (χ0n) is 9.07. The molecular weight excluding hydrogens is 255 g/mol. The van der Waals surface area contributed by atoms with Gasteiger partial charge in [-0.1, -0.05) is 18.5 Å². The Morgan fingerprint density at radius 2 is 2.06 bits per heavy atom. The summed E-state index contributed by atoms with van der Waals surface area (Å²) in [4.78, 5) is 11.2. The van der Waals surface area contributed by atoms with Gasteiger partial charge in [-0.25, -0.2) is 0 Å². The van der Waals surface area contributed by atoms with Crippen molar-refractivity contribution in [2.75, 3.05) is 5.32 Å². The topological polar surface area (TPSA) is 29.1 Å². The van der Waals surface area contributed by atoms with Crippen molar-refractivity contribution in [3.63, 3.8) is 0 Å². The summed E-state index contributed by atoms with van der Waals surface area (Å²) in [6, 6.07) is 3.28. The summed E-state index contributed by atoms with van der Waals surface area (Å²) in [6.07, 6.45) is -3.63. The predicted octanol–water partition coefficient (Wildman–Crippen LogP) is 4.10. The number of halogens is 4. The fraction of sp³-hybridized carbons (Fsp3) is 0.364. The highest BCUT2D eigenvalue weighted by molar-refractivity contribution is 6.31. The summed E-state index contributed by atoms with van der Waals surface area (Å²) in [5, 5.41) is 2.00. The fourth-order valence-corrected chi connectivity index (χ4v) is 1.50. The van der Waals surface area contributed by atoms with Crippen molar-refractivity contribution in [2.24, 2.45) is 0 Å². The van der Waals surface area contributed by atoms with Gasteiger partial charge in [0.1, 0.15) is 0 Å². The molecule has 0 unspecified atom stereocenters. The smallest absolute Gasteiger partial charge is 0.326 e. The number of hydrogen-bond donors (Lipinski definition) is 1. The molecule has 0 aromatic heterocycles. The number of amides is 1. The van der Waals surface area contributed by atoms with E-state index in [0.29, 0.717) is 6.42 Å². The SMILES string of the molecule is CCCC(=O)Nc1ccc(Cl)c(C(F)(F)F)c1. The maximum Gasteiger partial charge on any atom is 0.417 e. The number of carbonyl (C=O) groups excluding carboxylic acids is 1. The van der Waals surface area contributed by atoms with Crippen LogP contribution in [-0.2, 0) is 11.0 Å². The van der Waals surface area contributed by atoms with Crippen LogP contribution in [-0.4, -0.2) is 5.91 Å². The molecule has 0 heterocycles. The minimum atomic E-state index is -4.53. The fourth-order valence-electron chi connectivity index (χ4n) is 1.27. The molecule has 2 nitrogen and oxygen atoms in total. The van der Waals surface area contributed by atoms with Crippen LogP contribution in [0.2, 0.25) is 5.02 Å². The molecule has 1 amide bonds. The summed E-state index contributed by atoms with van der Waals surface area (Å²) in [5.74, 6) is -0.317. The van der Waals surface area contributed by atoms with Gasteiger partial charge in [0.15, 0.2) is 0 Å². The highest BCUT2D eigenvalue weighted by Gasteiger charge is 2.33. The van der Waals surface area contributed by atoms with Gasteiger partial charge in [-0.05, 0) is 24.6 Å². The lowest BCUT2D eigenvalue weighted by atomic mass is 10.2. The largest absolute Gasteiger partial charge is 0.417 e. The molecule has 17 heavy (non-hydrogen) atoms. The maximum atomic E-state index is 12.5. The molecule has 6 heteroatoms. The average molecular weight is 266 g/mol. The maximum absolute atomic E-state index is 12.5. The first-order chi connectivity index (χ1) is 7.84. The Labute approximate surface area is 102 Å². The summed E-state index contributed by atoms with van der Waals surface area (Å²) in [7, 11) is 0. The third-order valence-electron chi connectivity index (χ3n) is 2.03. The number of rotatable bonds is 3. The molecule has 0 atom stereocenters. The summed E-state index contributed by atoms with van der Waals surface area (Å²) in [5.41, 5.74) is -0.853. The molecular formula is C11H11ClF3NO. The van der Waals surface area contributed by atoms with Crippen LogP contribution in [0.25, 0.3) is 0 Å². The molecule has 0 bridgehead atoms. The first-order valence-corrected chi connectivity index (χ1v) is 5.39. The number of alkyl halides is 3. The normalized spacial score (nSPS) is 11.4. The van der Waals surface area contributed by atoms with Crippen LogP contribution in [0.15, 0.2) is 18.2 Å². The first kappa shape index (κ1) is 13.8. The second-order valence-corrected chi connectivity index (χ2v) is 3.90. The Bertz CT molecular complexity index is 418. The lowest BCUT2D eigenvalue weighted by Gasteiger charge is -2.11. The van der Waals surface area contributed by atoms with Crippen molar-refractivity contribution in [3.05, 3.63) is 28.8 Å². The van der Waals surface area contributed by atoms with Crippen molar-refractivity contribution in [1.29, 1.82) is 0 Å². The van der Waals surface area contributed by atoms with E-state index in [-0.39, 0.29) is 23.0 Å². The van der Waals surface area contributed by atoms with Crippen molar-refractivity contribution in [1.82, 2.24) is 0 Å². The summed E-state index contributed by atoms with van der Waals surface area (Å²) in [6.45, 7) is 1.81. The quantitative estimate of drug-likeness (QED) is 0.876. The van der Waals surface area contributed by atoms with Crippen molar-refractivity contribution in [2.45, 2.75) is 25.9 Å². The molecule has 0 radical (unpaired) electrons. The van der Waals surface area contributed by atoms with E-state index in [0.717, 1.165) is 12.1 Å². The van der Waals surface area contributed by atoms with Crippen LogP contribution in [0, 0.1) is 0 Å². The van der Waals surface area contributed by atoms with Crippen LogP contribution in [0.3, 0.4) is 0 Å². The molecule has 0 fully saturated rings. The van der Waals surface area contributed by atoms with Gasteiger partial charge < -0.3 is 5.32 Å². The Morgan fingerprint density at radius 3 is 2.59 bits per heavy atom. The van der Waals surface area contributed by atoms with Crippen LogP contribution < -0.4 is 5.32 Å². The van der Waals surface area contributed by atoms with Crippen molar-refractivity contribution in [3.8, 4) is 0 Å². The molecule has 0 saturated carbocycles. The molecule has 0 spiro atoms. The standard InChI is InChI=1S/C11H11ClF3NO/c1-2-3-10(17)16-7-4-5-9(12)8(6-7)11(13,14)15/h4-6H,2-3H2,1H3,(H,16,17). The molecule has 1 aromatic carbocycles. The van der Waals surface area contributed by atoms with Crippen LogP contribution in [0.1, 0.15) is 25.3 Å². The highest BCUT2D eigenvalue weighted by atomic mass is 35.5. The second kappa shape index (κ2) is 5.40. The molecule has 1 N–H and O–H groups in total. The minimum absolute atomic E-state index is 0.0974. The lowest BCUT2D eigenvalue weighted by molar-refractivity contribution is -0.137. The molecule has 0 aliphatic carbocycles. The Balaban J connectivity index is 2.93. The molecule has 1 rings (SSSR count). The number of carbonyl (C=O) groups is 1. The highest BCUT2D eigenvalue weighted by Crippen LogP contribution is 2.36. The van der Waals surface area contributed by atoms with Gasteiger partial charge in [-0.15, -0.1) is 0 Å². The zero-order valence-corrected chi connectivity index (χ0v) is 9.82. The number of anilines is 1. The summed E-state index contributed by atoms with van der Waals surface area (Å²) < 4.78 is 37.6. The van der Waals surface area contributed by atoms with Crippen LogP contribution in [0.4, 0.5) is 18.9 Å². The van der Waals surface area contributed by atoms with E-state index >= 15 is 0 Å². The number of hydrogen-bond acceptors (Lipinski definition) is 1. The molecule has 0 aliphatic rings. The first-order valence-electron chi connectivity index (χ1n) is 5.01. The Kier molecular flexibility index (Phi) is 4.40. The van der Waals surface area contributed by atoms with Crippen LogP contribution >= 0.6 is 11.6 Å². The van der Waals surface area contributed by atoms with Crippen LogP contribution in [0.5, 0.6) is 0 Å². The van der Waals surface area contributed by atoms with Gasteiger partial charge in [-0.2, -0.15) is 13.2 Å². The van der Waals surface area contributed by atoms with Gasteiger partial charge in [0.05, 0.1) is 10.6 Å². The van der Waals surface area contributed by atoms with E-state index in [1.54, 1.807) is 0 Å². The number of nitrogens with one attached hydrogen (secondary N) is 1. The number of benzene rings is 1. The predicted molar refractivity (Wildman–Crippen MR) is 60.0 cm³/mol. The summed E-state index contributed by atoms with van der Waals surface area (Å²) >= 11 is 5.45. The van der Waals surface area contributed by atoms with E-state index < -0.39 is 11.7 Å². The van der Waals surface area contributed by atoms with Gasteiger partial charge >= 0.3 is 6.18 Å². The molecule has 0 saturated heterocycles. The third kappa shape index (κ3) is 3.93. The van der Waals surface area contributed by atoms with E-state index in [9.17, 15) is 18.0 Å². The molecule has 0 aliphatic heterocycles. The Hall–Kier alpha value is -1.23. The van der Waals surface area contributed by atoms with E-state index in [1.807, 2.05) is 6.92 Å². The Morgan fingerprint density at radius 1 is 1.41 bits per heavy atom. The van der Waals surface area contributed by atoms with E-state index in [1.165, 1.54) is 6.07 Å². The molecule has 1 aromatic rings. The monoisotopic (exact) mass is 265 g/mol. The lowest BCUT2D eigenvalue weighted by Crippen LogP contribution is -2.12. The third-order valence-corrected chi connectivity index (χ3v) is 2.36. The van der Waals surface area contributed by atoms with E-state index in [2.05, 4.69) is 5.32 Å². The molecule has 94 valence electrons. The second-order valence-electron chi connectivity index (χ2n) is 3.49. The van der Waals surface area contributed by atoms with Gasteiger partial charge in [0.25, 0.3) is 0 Å². The van der Waals surface area contributed by atoms with Gasteiger partial charge in [0.2, 0.25) is 5.91 Å². The van der Waals surface area contributed by atoms with Crippen molar-refractivity contribution >= 4 is 23.2 Å². The van der Waals surface area contributed by atoms with Gasteiger partial charge in [-0.3, -0.25) is 4.79 Å². The zero-order chi connectivity index (χ0) is 13.1. The van der Waals surface area contributed by atoms with Crippen molar-refractivity contribution < 1.29 is 18.0 Å². The minimum Gasteiger partial charge on any atom is -0.326 e. The average Bonchev–Trinajstić information content (AvgIpc) is 2.19. The van der Waals surface area contributed by atoms with Gasteiger partial charge in [0, 0.05) is 12.1 Å². The van der Waals surface area contributed by atoms with E-state index in [4.69, 9.17) is 11.6 Å².